The quantitative estimate of drug-likeness (QED) is 0.255. The molecule has 4 heterocycles. The van der Waals surface area contributed by atoms with Crippen molar-refractivity contribution in [3.63, 3.8) is 0 Å². The molecule has 3 aromatic heterocycles. The smallest absolute Gasteiger partial charge is 0.183 e. The molecule has 10 nitrogen and oxygen atoms in total. The monoisotopic (exact) mass is 573 g/mol. The summed E-state index contributed by atoms with van der Waals surface area (Å²) in [4.78, 5) is 16.0. The molecule has 2 aromatic carbocycles. The summed E-state index contributed by atoms with van der Waals surface area (Å²) in [6.45, 7) is 3.04. The third kappa shape index (κ3) is 6.20. The normalized spacial score (nSPS) is 13.9. The van der Waals surface area contributed by atoms with Gasteiger partial charge in [0.2, 0.25) is 0 Å². The van der Waals surface area contributed by atoms with Gasteiger partial charge in [0, 0.05) is 66.9 Å². The van der Waals surface area contributed by atoms with Gasteiger partial charge in [-0.2, -0.15) is 5.10 Å². The van der Waals surface area contributed by atoms with E-state index in [9.17, 15) is 0 Å². The van der Waals surface area contributed by atoms with Crippen molar-refractivity contribution >= 4 is 22.4 Å². The van der Waals surface area contributed by atoms with Crippen LogP contribution in [0.4, 0.5) is 20.3 Å². The second kappa shape index (κ2) is 12.6. The molecular weight excluding hydrogens is 544 g/mol. The Balaban J connectivity index is 1.39. The van der Waals surface area contributed by atoms with Gasteiger partial charge in [0.25, 0.3) is 0 Å². The van der Waals surface area contributed by atoms with E-state index >= 15 is 8.78 Å². The highest BCUT2D eigenvalue weighted by Crippen LogP contribution is 2.30. The highest BCUT2D eigenvalue weighted by atomic mass is 19.1. The number of nitrogens with zero attached hydrogens (tertiary/aromatic N) is 6. The molecule has 0 unspecified atom stereocenters. The Morgan fingerprint density at radius 3 is 2.48 bits per heavy atom. The van der Waals surface area contributed by atoms with Crippen LogP contribution in [0.5, 0.6) is 5.75 Å². The van der Waals surface area contributed by atoms with Crippen LogP contribution in [0.1, 0.15) is 11.3 Å². The first-order chi connectivity index (χ1) is 20.6. The van der Waals surface area contributed by atoms with E-state index in [2.05, 4.69) is 15.2 Å². The molecule has 5 aromatic rings. The van der Waals surface area contributed by atoms with Crippen molar-refractivity contribution in [1.29, 1.82) is 0 Å². The number of aliphatic hydroxyl groups is 1. The van der Waals surface area contributed by atoms with Crippen molar-refractivity contribution in [2.24, 2.45) is 0 Å². The summed E-state index contributed by atoms with van der Waals surface area (Å²) in [6.07, 6.45) is 3.38. The van der Waals surface area contributed by atoms with E-state index < -0.39 is 11.6 Å². The number of hydrogen-bond donors (Lipinski definition) is 2. The molecule has 1 saturated heterocycles. The standard InChI is InChI=1S/C30H29F2N7O3/c31-25-16-22(42-14-11-40)17-26(32)24(25)19-39-27-4-2-1-3-23(27)29(37-39)30-35-21(18-38-9-12-41-13-10-38)15-28(36-30)34-20-5-7-33-8-6-20/h1-8,15-17,40H,9-14,18-19H2,(H,33,34,35,36). The third-order valence-corrected chi connectivity index (χ3v) is 6.87. The number of nitrogens with one attached hydrogen (secondary N) is 1. The Bertz CT molecular complexity index is 1650. The number of anilines is 2. The Morgan fingerprint density at radius 2 is 1.71 bits per heavy atom. The summed E-state index contributed by atoms with van der Waals surface area (Å²) < 4.78 is 42.3. The van der Waals surface area contributed by atoms with E-state index in [0.717, 1.165) is 42.0 Å². The highest BCUT2D eigenvalue weighted by Gasteiger charge is 2.20. The van der Waals surface area contributed by atoms with Crippen molar-refractivity contribution in [3.8, 4) is 17.3 Å². The van der Waals surface area contributed by atoms with Gasteiger partial charge in [0.15, 0.2) is 5.82 Å². The van der Waals surface area contributed by atoms with Gasteiger partial charge < -0.3 is 19.9 Å². The average molecular weight is 574 g/mol. The number of morpholine rings is 1. The highest BCUT2D eigenvalue weighted by molar-refractivity contribution is 5.91. The Morgan fingerprint density at radius 1 is 0.952 bits per heavy atom. The molecule has 0 saturated carbocycles. The summed E-state index contributed by atoms with van der Waals surface area (Å²) >= 11 is 0. The number of hydrogen-bond acceptors (Lipinski definition) is 9. The maximum atomic E-state index is 15.0. The maximum Gasteiger partial charge on any atom is 0.183 e. The molecular formula is C30H29F2N7O3. The van der Waals surface area contributed by atoms with Crippen LogP contribution in [0.2, 0.25) is 0 Å². The van der Waals surface area contributed by atoms with Crippen molar-refractivity contribution in [2.45, 2.75) is 13.1 Å². The van der Waals surface area contributed by atoms with Gasteiger partial charge in [-0.25, -0.2) is 18.7 Å². The van der Waals surface area contributed by atoms with Crippen LogP contribution >= 0.6 is 0 Å². The number of rotatable bonds is 10. The van der Waals surface area contributed by atoms with Crippen molar-refractivity contribution in [1.82, 2.24) is 29.6 Å². The van der Waals surface area contributed by atoms with Gasteiger partial charge in [-0.3, -0.25) is 14.6 Å². The Labute approximate surface area is 240 Å². The van der Waals surface area contributed by atoms with Gasteiger partial charge in [-0.05, 0) is 18.2 Å². The molecule has 12 heteroatoms. The summed E-state index contributed by atoms with van der Waals surface area (Å²) in [5, 5.41) is 17.8. The largest absolute Gasteiger partial charge is 0.491 e. The second-order valence-electron chi connectivity index (χ2n) is 9.78. The van der Waals surface area contributed by atoms with Crippen LogP contribution in [-0.2, 0) is 17.8 Å². The van der Waals surface area contributed by atoms with E-state index in [4.69, 9.17) is 29.6 Å². The van der Waals surface area contributed by atoms with Crippen molar-refractivity contribution in [3.05, 3.63) is 89.9 Å². The van der Waals surface area contributed by atoms with Crippen LogP contribution < -0.4 is 10.1 Å². The number of pyridine rings is 1. The van der Waals surface area contributed by atoms with Crippen molar-refractivity contribution in [2.75, 3.05) is 44.8 Å². The predicted molar refractivity (Wildman–Crippen MR) is 152 cm³/mol. The SMILES string of the molecule is OCCOc1cc(F)c(Cn2nc(-c3nc(CN4CCOCC4)cc(Nc4ccncc4)n3)c3ccccc32)c(F)c1. The molecule has 216 valence electrons. The lowest BCUT2D eigenvalue weighted by atomic mass is 10.1. The van der Waals surface area contributed by atoms with Gasteiger partial charge in [0.05, 0.1) is 37.6 Å². The van der Waals surface area contributed by atoms with Crippen LogP contribution in [0.3, 0.4) is 0 Å². The van der Waals surface area contributed by atoms with Crippen molar-refractivity contribution < 1.29 is 23.4 Å². The van der Waals surface area contributed by atoms with Gasteiger partial charge in [-0.15, -0.1) is 0 Å². The zero-order valence-corrected chi connectivity index (χ0v) is 22.7. The first-order valence-electron chi connectivity index (χ1n) is 13.6. The predicted octanol–water partition coefficient (Wildman–Crippen LogP) is 4.16. The number of benzene rings is 2. The molecule has 0 radical (unpaired) electrons. The first kappa shape index (κ1) is 27.6. The van der Waals surface area contributed by atoms with E-state index in [-0.39, 0.29) is 31.1 Å². The molecule has 1 aliphatic heterocycles. The topological polar surface area (TPSA) is 110 Å². The number of aromatic nitrogens is 5. The molecule has 0 amide bonds. The fourth-order valence-electron chi connectivity index (χ4n) is 4.86. The lowest BCUT2D eigenvalue weighted by Crippen LogP contribution is -2.35. The first-order valence-corrected chi connectivity index (χ1v) is 13.6. The van der Waals surface area contributed by atoms with Crippen LogP contribution in [0, 0.1) is 11.6 Å². The molecule has 0 spiro atoms. The number of ether oxygens (including phenoxy) is 2. The number of para-hydroxylation sites is 1. The van der Waals surface area contributed by atoms with Gasteiger partial charge >= 0.3 is 0 Å². The molecule has 0 bridgehead atoms. The molecule has 2 N–H and O–H groups in total. The van der Waals surface area contributed by atoms with Crippen LogP contribution in [0.25, 0.3) is 22.4 Å². The summed E-state index contributed by atoms with van der Waals surface area (Å²) in [5.41, 5.74) is 2.63. The lowest BCUT2D eigenvalue weighted by molar-refractivity contribution is 0.0336. The van der Waals surface area contributed by atoms with E-state index in [1.54, 1.807) is 17.1 Å². The third-order valence-electron chi connectivity index (χ3n) is 6.87. The fourth-order valence-corrected chi connectivity index (χ4v) is 4.86. The van der Waals surface area contributed by atoms with E-state index in [0.29, 0.717) is 42.6 Å². The minimum absolute atomic E-state index is 0.00789. The zero-order valence-electron chi connectivity index (χ0n) is 22.7. The van der Waals surface area contributed by atoms with E-state index in [1.807, 2.05) is 42.5 Å². The van der Waals surface area contributed by atoms with E-state index in [1.165, 1.54) is 0 Å². The van der Waals surface area contributed by atoms with Gasteiger partial charge in [0.1, 0.15) is 35.5 Å². The molecule has 0 aliphatic carbocycles. The summed E-state index contributed by atoms with van der Waals surface area (Å²) in [7, 11) is 0. The minimum atomic E-state index is -0.767. The van der Waals surface area contributed by atoms with Crippen LogP contribution in [-0.4, -0.2) is 74.3 Å². The average Bonchev–Trinajstić information content (AvgIpc) is 3.37. The molecule has 0 atom stereocenters. The zero-order chi connectivity index (χ0) is 28.9. The minimum Gasteiger partial charge on any atom is -0.491 e. The molecule has 1 aliphatic rings. The van der Waals surface area contributed by atoms with Crippen LogP contribution in [0.15, 0.2) is 67.0 Å². The molecule has 42 heavy (non-hydrogen) atoms. The lowest BCUT2D eigenvalue weighted by Gasteiger charge is -2.26. The summed E-state index contributed by atoms with van der Waals surface area (Å²) in [6, 6.07) is 15.3. The number of fused-ring (bicyclic) bond motifs is 1. The molecule has 6 rings (SSSR count). The number of aliphatic hydroxyl groups excluding tert-OH is 1. The second-order valence-corrected chi connectivity index (χ2v) is 9.78. The Kier molecular flexibility index (Phi) is 8.26. The Hall–Kier alpha value is -4.52. The summed E-state index contributed by atoms with van der Waals surface area (Å²) in [5.74, 6) is -0.550. The van der Waals surface area contributed by atoms with Gasteiger partial charge in [-0.1, -0.05) is 18.2 Å². The maximum absolute atomic E-state index is 15.0. The fraction of sp³-hybridized carbons (Fsp3) is 0.267. The number of halogens is 2. The molecule has 1 fully saturated rings.